The van der Waals surface area contributed by atoms with Crippen LogP contribution in [0.1, 0.15) is 30.0 Å². The van der Waals surface area contributed by atoms with E-state index >= 15 is 0 Å². The zero-order valence-electron chi connectivity index (χ0n) is 14.3. The van der Waals surface area contributed by atoms with E-state index in [4.69, 9.17) is 0 Å². The van der Waals surface area contributed by atoms with Crippen molar-refractivity contribution in [3.8, 4) is 0 Å². The Labute approximate surface area is 146 Å². The van der Waals surface area contributed by atoms with Crippen LogP contribution in [0.4, 0.5) is 10.5 Å². The summed E-state index contributed by atoms with van der Waals surface area (Å²) in [5.74, 6) is 0.976. The van der Waals surface area contributed by atoms with Gasteiger partial charge in [0.2, 0.25) is 0 Å². The number of carbonyl (C=O) groups is 1. The predicted octanol–water partition coefficient (Wildman–Crippen LogP) is 3.52. The normalized spacial score (nSPS) is 11.8. The zero-order valence-corrected chi connectivity index (χ0v) is 14.3. The van der Waals surface area contributed by atoms with Gasteiger partial charge in [-0.05, 0) is 43.7 Å². The number of amides is 2. The van der Waals surface area contributed by atoms with Gasteiger partial charge in [0.1, 0.15) is 5.82 Å². The SMILES string of the molecule is Cc1nccn1[C@H](C)c1ccc(NC(=O)NCc2ccccn2)cc1. The Morgan fingerprint density at radius 1 is 1.12 bits per heavy atom. The third-order valence-electron chi connectivity index (χ3n) is 4.09. The van der Waals surface area contributed by atoms with E-state index in [9.17, 15) is 4.79 Å². The van der Waals surface area contributed by atoms with Crippen molar-refractivity contribution in [1.82, 2.24) is 19.9 Å². The molecule has 0 aliphatic rings. The van der Waals surface area contributed by atoms with Gasteiger partial charge >= 0.3 is 6.03 Å². The number of carbonyl (C=O) groups excluding carboxylic acids is 1. The van der Waals surface area contributed by atoms with Crippen molar-refractivity contribution in [2.24, 2.45) is 0 Å². The van der Waals surface area contributed by atoms with Gasteiger partial charge in [0.25, 0.3) is 0 Å². The monoisotopic (exact) mass is 335 g/mol. The number of nitrogens with zero attached hydrogens (tertiary/aromatic N) is 3. The molecule has 3 aromatic rings. The van der Waals surface area contributed by atoms with E-state index in [1.165, 1.54) is 0 Å². The van der Waals surface area contributed by atoms with Crippen molar-refractivity contribution in [1.29, 1.82) is 0 Å². The van der Waals surface area contributed by atoms with E-state index in [0.29, 0.717) is 6.54 Å². The van der Waals surface area contributed by atoms with Crippen molar-refractivity contribution >= 4 is 11.7 Å². The molecule has 2 aromatic heterocycles. The molecule has 2 N–H and O–H groups in total. The Bertz CT molecular complexity index is 827. The fraction of sp³-hybridized carbons (Fsp3) is 0.211. The second kappa shape index (κ2) is 7.61. The molecule has 0 aliphatic carbocycles. The Morgan fingerprint density at radius 2 is 1.92 bits per heavy atom. The van der Waals surface area contributed by atoms with Gasteiger partial charge in [0.15, 0.2) is 0 Å². The number of hydrogen-bond acceptors (Lipinski definition) is 3. The summed E-state index contributed by atoms with van der Waals surface area (Å²) in [6.45, 7) is 4.50. The number of benzene rings is 1. The summed E-state index contributed by atoms with van der Waals surface area (Å²) in [6, 6.07) is 13.4. The first-order valence-corrected chi connectivity index (χ1v) is 8.17. The number of pyridine rings is 1. The molecule has 0 radical (unpaired) electrons. The van der Waals surface area contributed by atoms with E-state index in [1.54, 1.807) is 12.4 Å². The van der Waals surface area contributed by atoms with Crippen LogP contribution in [-0.4, -0.2) is 20.6 Å². The fourth-order valence-electron chi connectivity index (χ4n) is 2.65. The molecule has 0 aliphatic heterocycles. The maximum Gasteiger partial charge on any atom is 0.319 e. The van der Waals surface area contributed by atoms with Gasteiger partial charge in [0, 0.05) is 24.3 Å². The lowest BCUT2D eigenvalue weighted by Crippen LogP contribution is -2.28. The van der Waals surface area contributed by atoms with E-state index in [0.717, 1.165) is 22.8 Å². The van der Waals surface area contributed by atoms with Crippen molar-refractivity contribution in [2.75, 3.05) is 5.32 Å². The van der Waals surface area contributed by atoms with Crippen molar-refractivity contribution < 1.29 is 4.79 Å². The minimum absolute atomic E-state index is 0.189. The van der Waals surface area contributed by atoms with Gasteiger partial charge < -0.3 is 15.2 Å². The van der Waals surface area contributed by atoms with E-state index in [-0.39, 0.29) is 12.1 Å². The molecule has 2 amide bonds. The van der Waals surface area contributed by atoms with Crippen LogP contribution in [0.5, 0.6) is 0 Å². The highest BCUT2D eigenvalue weighted by atomic mass is 16.2. The van der Waals surface area contributed by atoms with Crippen LogP contribution < -0.4 is 10.6 Å². The highest BCUT2D eigenvalue weighted by molar-refractivity contribution is 5.89. The molecule has 3 rings (SSSR count). The number of imidazole rings is 1. The predicted molar refractivity (Wildman–Crippen MR) is 97.3 cm³/mol. The maximum atomic E-state index is 12.0. The first-order chi connectivity index (χ1) is 12.1. The largest absolute Gasteiger partial charge is 0.332 e. The van der Waals surface area contributed by atoms with Gasteiger partial charge in [0.05, 0.1) is 18.3 Å². The molecule has 1 aromatic carbocycles. The molecular formula is C19H21N5O. The van der Waals surface area contributed by atoms with Crippen LogP contribution in [0.3, 0.4) is 0 Å². The number of anilines is 1. The molecule has 2 heterocycles. The molecule has 0 saturated carbocycles. The molecular weight excluding hydrogens is 314 g/mol. The van der Waals surface area contributed by atoms with Gasteiger partial charge in [-0.1, -0.05) is 18.2 Å². The Balaban J connectivity index is 1.57. The first-order valence-electron chi connectivity index (χ1n) is 8.17. The van der Waals surface area contributed by atoms with E-state index in [2.05, 4.69) is 32.1 Å². The minimum Gasteiger partial charge on any atom is -0.332 e. The van der Waals surface area contributed by atoms with Crippen LogP contribution in [0, 0.1) is 6.92 Å². The average molecular weight is 335 g/mol. The summed E-state index contributed by atoms with van der Waals surface area (Å²) >= 11 is 0. The van der Waals surface area contributed by atoms with Crippen LogP contribution >= 0.6 is 0 Å². The molecule has 1 atom stereocenters. The maximum absolute atomic E-state index is 12.0. The molecule has 0 fully saturated rings. The van der Waals surface area contributed by atoms with Gasteiger partial charge in [-0.2, -0.15) is 0 Å². The van der Waals surface area contributed by atoms with Gasteiger partial charge in [-0.25, -0.2) is 9.78 Å². The number of rotatable bonds is 5. The van der Waals surface area contributed by atoms with Crippen molar-refractivity contribution in [3.63, 3.8) is 0 Å². The van der Waals surface area contributed by atoms with Gasteiger partial charge in [-0.3, -0.25) is 4.98 Å². The number of nitrogens with one attached hydrogen (secondary N) is 2. The quantitative estimate of drug-likeness (QED) is 0.749. The molecule has 25 heavy (non-hydrogen) atoms. The topological polar surface area (TPSA) is 71.8 Å². The van der Waals surface area contributed by atoms with Crippen LogP contribution in [-0.2, 0) is 6.54 Å². The van der Waals surface area contributed by atoms with Crippen molar-refractivity contribution in [3.05, 3.63) is 78.1 Å². The van der Waals surface area contributed by atoms with Gasteiger partial charge in [-0.15, -0.1) is 0 Å². The second-order valence-corrected chi connectivity index (χ2v) is 5.81. The number of aryl methyl sites for hydroxylation is 1. The minimum atomic E-state index is -0.253. The molecule has 0 spiro atoms. The zero-order chi connectivity index (χ0) is 17.6. The smallest absolute Gasteiger partial charge is 0.319 e. The number of urea groups is 1. The average Bonchev–Trinajstić information content (AvgIpc) is 3.07. The second-order valence-electron chi connectivity index (χ2n) is 5.81. The summed E-state index contributed by atoms with van der Waals surface area (Å²) in [5, 5.41) is 5.62. The third-order valence-corrected chi connectivity index (χ3v) is 4.09. The Hall–Kier alpha value is -3.15. The summed E-state index contributed by atoms with van der Waals surface area (Å²) in [5.41, 5.74) is 2.72. The highest BCUT2D eigenvalue weighted by Gasteiger charge is 2.10. The summed E-state index contributed by atoms with van der Waals surface area (Å²) < 4.78 is 2.11. The lowest BCUT2D eigenvalue weighted by atomic mass is 10.1. The Morgan fingerprint density at radius 3 is 2.56 bits per heavy atom. The standard InChI is InChI=1S/C19H21N5O/c1-14(24-12-11-20-15(24)2)16-6-8-17(9-7-16)23-19(25)22-13-18-5-3-4-10-21-18/h3-12,14H,13H2,1-2H3,(H2,22,23,25)/t14-/m1/s1. The molecule has 6 heteroatoms. The fourth-order valence-corrected chi connectivity index (χ4v) is 2.65. The van der Waals surface area contributed by atoms with Crippen LogP contribution in [0.2, 0.25) is 0 Å². The lowest BCUT2D eigenvalue weighted by Gasteiger charge is -2.16. The molecule has 0 bridgehead atoms. The Kier molecular flexibility index (Phi) is 5.09. The molecule has 128 valence electrons. The summed E-state index contributed by atoms with van der Waals surface area (Å²) in [4.78, 5) is 20.4. The molecule has 6 nitrogen and oxygen atoms in total. The molecule has 0 saturated heterocycles. The van der Waals surface area contributed by atoms with Crippen molar-refractivity contribution in [2.45, 2.75) is 26.4 Å². The first kappa shape index (κ1) is 16.7. The van der Waals surface area contributed by atoms with E-state index < -0.39 is 0 Å². The lowest BCUT2D eigenvalue weighted by molar-refractivity contribution is 0.251. The van der Waals surface area contributed by atoms with Crippen LogP contribution in [0.15, 0.2) is 61.1 Å². The van der Waals surface area contributed by atoms with Crippen LogP contribution in [0.25, 0.3) is 0 Å². The number of aromatic nitrogens is 3. The third kappa shape index (κ3) is 4.23. The van der Waals surface area contributed by atoms with E-state index in [1.807, 2.05) is 55.6 Å². The summed E-state index contributed by atoms with van der Waals surface area (Å²) in [6.07, 6.45) is 5.47. The molecule has 0 unspecified atom stereocenters. The summed E-state index contributed by atoms with van der Waals surface area (Å²) in [7, 11) is 0. The number of hydrogen-bond donors (Lipinski definition) is 2. The highest BCUT2D eigenvalue weighted by Crippen LogP contribution is 2.21.